The van der Waals surface area contributed by atoms with Crippen LogP contribution >= 0.6 is 0 Å². The van der Waals surface area contributed by atoms with Gasteiger partial charge in [-0.25, -0.2) is 4.39 Å². The van der Waals surface area contributed by atoms with E-state index in [0.717, 1.165) is 38.3 Å². The van der Waals surface area contributed by atoms with Crippen molar-refractivity contribution in [3.05, 3.63) is 53.1 Å². The maximum Gasteiger partial charge on any atom is 0.289 e. The minimum Gasteiger partial charge on any atom is -0.507 e. The van der Waals surface area contributed by atoms with Crippen LogP contribution < -0.4 is 10.1 Å². The molecule has 1 fully saturated rings. The SMILES string of the molecule is CCNC(=O)c1nnc(-c2cc(C(C)C)c(OC)cc2O)n1-c1ccc(CN2CCN(CC)CC2)c(F)c1. The molecule has 1 saturated heterocycles. The molecule has 4 rings (SSSR count). The molecule has 2 N–H and O–H groups in total. The topological polar surface area (TPSA) is 95.8 Å². The molecular weight excluding hydrogens is 487 g/mol. The highest BCUT2D eigenvalue weighted by Gasteiger charge is 2.25. The van der Waals surface area contributed by atoms with E-state index in [4.69, 9.17) is 4.74 Å². The number of aromatic hydroxyl groups is 1. The minimum absolute atomic E-state index is 0.00556. The number of hydrogen-bond acceptors (Lipinski definition) is 7. The van der Waals surface area contributed by atoms with Crippen molar-refractivity contribution in [3.8, 4) is 28.6 Å². The number of piperazine rings is 1. The summed E-state index contributed by atoms with van der Waals surface area (Å²) >= 11 is 0. The Morgan fingerprint density at radius 3 is 2.42 bits per heavy atom. The number of phenolic OH excluding ortho intramolecular Hbond substituents is 1. The van der Waals surface area contributed by atoms with Gasteiger partial charge in [-0.15, -0.1) is 10.2 Å². The molecule has 1 amide bonds. The lowest BCUT2D eigenvalue weighted by atomic mass is 9.98. The van der Waals surface area contributed by atoms with Gasteiger partial charge in [0.15, 0.2) is 5.82 Å². The van der Waals surface area contributed by atoms with Gasteiger partial charge in [-0.05, 0) is 43.1 Å². The maximum atomic E-state index is 15.4. The Labute approximate surface area is 223 Å². The number of carbonyl (C=O) groups is 1. The van der Waals surface area contributed by atoms with Gasteiger partial charge in [-0.2, -0.15) is 0 Å². The average molecular weight is 525 g/mol. The number of benzene rings is 2. The highest BCUT2D eigenvalue weighted by molar-refractivity contribution is 5.92. The van der Waals surface area contributed by atoms with E-state index in [9.17, 15) is 9.90 Å². The van der Waals surface area contributed by atoms with E-state index < -0.39 is 5.91 Å². The van der Waals surface area contributed by atoms with Crippen LogP contribution in [0.4, 0.5) is 4.39 Å². The molecule has 2 aromatic carbocycles. The Morgan fingerprint density at radius 2 is 1.82 bits per heavy atom. The van der Waals surface area contributed by atoms with Gasteiger partial charge in [0.1, 0.15) is 17.3 Å². The summed E-state index contributed by atoms with van der Waals surface area (Å²) in [6, 6.07) is 8.21. The van der Waals surface area contributed by atoms with Gasteiger partial charge in [0.25, 0.3) is 5.91 Å². The molecule has 3 aromatic rings. The first-order valence-electron chi connectivity index (χ1n) is 13.2. The van der Waals surface area contributed by atoms with Crippen LogP contribution in [0.3, 0.4) is 0 Å². The zero-order valence-corrected chi connectivity index (χ0v) is 22.8. The molecule has 0 saturated carbocycles. The van der Waals surface area contributed by atoms with Crippen molar-refractivity contribution in [3.63, 3.8) is 0 Å². The fourth-order valence-corrected chi connectivity index (χ4v) is 4.79. The zero-order chi connectivity index (χ0) is 27.4. The summed E-state index contributed by atoms with van der Waals surface area (Å²) in [5, 5.41) is 22.0. The second-order valence-electron chi connectivity index (χ2n) is 9.79. The normalized spacial score (nSPS) is 14.7. The molecule has 9 nitrogen and oxygen atoms in total. The van der Waals surface area contributed by atoms with Gasteiger partial charge < -0.3 is 20.1 Å². The number of amides is 1. The lowest BCUT2D eigenvalue weighted by Crippen LogP contribution is -2.45. The first-order chi connectivity index (χ1) is 18.3. The number of ether oxygens (including phenoxy) is 1. The highest BCUT2D eigenvalue weighted by Crippen LogP contribution is 2.38. The molecule has 0 unspecified atom stereocenters. The number of likely N-dealkylation sites (N-methyl/N-ethyl adjacent to an activating group) is 1. The maximum absolute atomic E-state index is 15.4. The van der Waals surface area contributed by atoms with Crippen LogP contribution in [-0.4, -0.2) is 82.0 Å². The largest absolute Gasteiger partial charge is 0.507 e. The van der Waals surface area contributed by atoms with E-state index in [0.29, 0.717) is 35.7 Å². The predicted octanol–water partition coefficient (Wildman–Crippen LogP) is 3.80. The number of nitrogens with zero attached hydrogens (tertiary/aromatic N) is 5. The summed E-state index contributed by atoms with van der Waals surface area (Å²) < 4.78 is 22.4. The smallest absolute Gasteiger partial charge is 0.289 e. The van der Waals surface area contributed by atoms with Gasteiger partial charge in [0.05, 0.1) is 18.4 Å². The zero-order valence-electron chi connectivity index (χ0n) is 22.8. The predicted molar refractivity (Wildman–Crippen MR) is 144 cm³/mol. The Balaban J connectivity index is 1.75. The molecule has 10 heteroatoms. The van der Waals surface area contributed by atoms with Crippen LogP contribution in [0, 0.1) is 5.82 Å². The number of halogens is 1. The molecule has 38 heavy (non-hydrogen) atoms. The number of carbonyl (C=O) groups excluding carboxylic acids is 1. The number of aromatic nitrogens is 3. The highest BCUT2D eigenvalue weighted by atomic mass is 19.1. The third-order valence-electron chi connectivity index (χ3n) is 7.02. The molecule has 1 aliphatic rings. The van der Waals surface area contributed by atoms with E-state index in [2.05, 4.69) is 32.2 Å². The average Bonchev–Trinajstić information content (AvgIpc) is 3.35. The van der Waals surface area contributed by atoms with Crippen molar-refractivity contribution >= 4 is 5.91 Å². The summed E-state index contributed by atoms with van der Waals surface area (Å²) in [6.07, 6.45) is 0. The van der Waals surface area contributed by atoms with Crippen LogP contribution in [0.1, 0.15) is 55.4 Å². The van der Waals surface area contributed by atoms with Gasteiger partial charge in [-0.1, -0.05) is 26.8 Å². The third-order valence-corrected chi connectivity index (χ3v) is 7.02. The lowest BCUT2D eigenvalue weighted by molar-refractivity contribution is 0.0943. The molecule has 1 aliphatic heterocycles. The van der Waals surface area contributed by atoms with Crippen LogP contribution in [0.25, 0.3) is 17.1 Å². The lowest BCUT2D eigenvalue weighted by Gasteiger charge is -2.34. The number of rotatable bonds is 9. The monoisotopic (exact) mass is 524 g/mol. The van der Waals surface area contributed by atoms with Gasteiger partial charge in [-0.3, -0.25) is 14.3 Å². The summed E-state index contributed by atoms with van der Waals surface area (Å²) in [6.45, 7) is 13.6. The van der Waals surface area contributed by atoms with Crippen LogP contribution in [0.2, 0.25) is 0 Å². The third kappa shape index (κ3) is 5.66. The number of nitrogens with one attached hydrogen (secondary N) is 1. The van der Waals surface area contributed by atoms with Crippen molar-refractivity contribution in [1.29, 1.82) is 0 Å². The molecule has 204 valence electrons. The van der Waals surface area contributed by atoms with Crippen LogP contribution in [0.15, 0.2) is 30.3 Å². The van der Waals surface area contributed by atoms with Gasteiger partial charge in [0, 0.05) is 50.9 Å². The van der Waals surface area contributed by atoms with E-state index in [1.807, 2.05) is 13.8 Å². The number of methoxy groups -OCH3 is 1. The van der Waals surface area contributed by atoms with E-state index in [1.165, 1.54) is 16.7 Å². The van der Waals surface area contributed by atoms with Crippen molar-refractivity contribution < 1.29 is 19.0 Å². The van der Waals surface area contributed by atoms with Crippen LogP contribution in [0.5, 0.6) is 11.5 Å². The van der Waals surface area contributed by atoms with Crippen molar-refractivity contribution in [1.82, 2.24) is 29.9 Å². The summed E-state index contributed by atoms with van der Waals surface area (Å²) in [5.74, 6) is -0.0101. The van der Waals surface area contributed by atoms with Crippen LogP contribution in [-0.2, 0) is 6.54 Å². The summed E-state index contributed by atoms with van der Waals surface area (Å²) in [4.78, 5) is 17.5. The van der Waals surface area contributed by atoms with Gasteiger partial charge >= 0.3 is 0 Å². The second-order valence-corrected chi connectivity index (χ2v) is 9.79. The quantitative estimate of drug-likeness (QED) is 0.440. The van der Waals surface area contributed by atoms with Gasteiger partial charge in [0.2, 0.25) is 5.82 Å². The molecule has 0 atom stereocenters. The standard InChI is InChI=1S/C28H37FN6O3/c1-6-30-28(37)27-32-31-26(22-15-21(18(3)4)25(38-5)16-24(22)36)35(27)20-9-8-19(23(29)14-20)17-34-12-10-33(7-2)11-13-34/h8-9,14-16,18,36H,6-7,10-13,17H2,1-5H3,(H,30,37). The molecule has 0 bridgehead atoms. The first-order valence-corrected chi connectivity index (χ1v) is 13.2. The molecular formula is C28H37FN6O3. The molecule has 0 spiro atoms. The second kappa shape index (κ2) is 11.9. The number of hydrogen-bond donors (Lipinski definition) is 2. The van der Waals surface area contributed by atoms with E-state index >= 15 is 4.39 Å². The Kier molecular flexibility index (Phi) is 8.63. The minimum atomic E-state index is -0.443. The molecule has 1 aromatic heterocycles. The first kappa shape index (κ1) is 27.5. The van der Waals surface area contributed by atoms with Crippen molar-refractivity contribution in [2.45, 2.75) is 40.2 Å². The fraction of sp³-hybridized carbons (Fsp3) is 0.464. The fourth-order valence-electron chi connectivity index (χ4n) is 4.79. The molecule has 2 heterocycles. The van der Waals surface area contributed by atoms with E-state index in [1.54, 1.807) is 32.2 Å². The Morgan fingerprint density at radius 1 is 1.11 bits per heavy atom. The summed E-state index contributed by atoms with van der Waals surface area (Å²) in [7, 11) is 1.55. The summed E-state index contributed by atoms with van der Waals surface area (Å²) in [5.41, 5.74) is 2.21. The Hall–Kier alpha value is -3.50. The molecule has 0 aliphatic carbocycles. The Bertz CT molecular complexity index is 1280. The van der Waals surface area contributed by atoms with E-state index in [-0.39, 0.29) is 29.1 Å². The van der Waals surface area contributed by atoms with Crippen molar-refractivity contribution in [2.24, 2.45) is 0 Å². The number of phenols is 1. The van der Waals surface area contributed by atoms with Crippen molar-refractivity contribution in [2.75, 3.05) is 46.4 Å². The molecule has 0 radical (unpaired) electrons.